The van der Waals surface area contributed by atoms with Crippen LogP contribution in [0, 0.1) is 0 Å². The summed E-state index contributed by atoms with van der Waals surface area (Å²) >= 11 is 4.89. The first kappa shape index (κ1) is 16.4. The van der Waals surface area contributed by atoms with Gasteiger partial charge in [-0.05, 0) is 12.1 Å². The molecule has 0 spiro atoms. The third-order valence-electron chi connectivity index (χ3n) is 3.76. The van der Waals surface area contributed by atoms with Crippen LogP contribution in [0.4, 0.5) is 0 Å². The van der Waals surface area contributed by atoms with Gasteiger partial charge in [0.25, 0.3) is 0 Å². The average molecular weight is 327 g/mol. The molecule has 1 aliphatic rings. The fourth-order valence-electron chi connectivity index (χ4n) is 2.39. The Hall–Kier alpha value is -1.02. The van der Waals surface area contributed by atoms with Gasteiger partial charge in [0, 0.05) is 31.7 Å². The predicted molar refractivity (Wildman–Crippen MR) is 88.6 cm³/mol. The molecule has 21 heavy (non-hydrogen) atoms. The van der Waals surface area contributed by atoms with Crippen LogP contribution < -0.4 is 5.73 Å². The molecule has 1 aromatic rings. The second-order valence-electron chi connectivity index (χ2n) is 5.15. The van der Waals surface area contributed by atoms with Crippen LogP contribution in [0.5, 0.6) is 0 Å². The summed E-state index contributed by atoms with van der Waals surface area (Å²) in [5.41, 5.74) is 7.04. The van der Waals surface area contributed by atoms with Crippen LogP contribution in [-0.2, 0) is 15.8 Å². The quantitative estimate of drug-likeness (QED) is 0.810. The highest BCUT2D eigenvalue weighted by molar-refractivity contribution is 7.88. The van der Waals surface area contributed by atoms with Crippen molar-refractivity contribution in [3.05, 3.63) is 35.4 Å². The van der Waals surface area contributed by atoms with Crippen LogP contribution >= 0.6 is 12.2 Å². The van der Waals surface area contributed by atoms with Crippen molar-refractivity contribution in [2.45, 2.75) is 12.7 Å². The van der Waals surface area contributed by atoms with E-state index in [2.05, 4.69) is 11.8 Å². The van der Waals surface area contributed by atoms with Gasteiger partial charge in [-0.1, -0.05) is 43.4 Å². The highest BCUT2D eigenvalue weighted by atomic mass is 32.2. The number of hydrogen-bond donors (Lipinski definition) is 1. The molecule has 2 N–H and O–H groups in total. The molecule has 5 nitrogen and oxygen atoms in total. The summed E-state index contributed by atoms with van der Waals surface area (Å²) in [5.74, 6) is 0.0245. The zero-order valence-corrected chi connectivity index (χ0v) is 13.8. The molecule has 1 aliphatic heterocycles. The van der Waals surface area contributed by atoms with Gasteiger partial charge in [0.05, 0.1) is 5.75 Å². The molecule has 1 fully saturated rings. The average Bonchev–Trinajstić information content (AvgIpc) is 2.47. The molecule has 0 bridgehead atoms. The molecular weight excluding hydrogens is 306 g/mol. The minimum atomic E-state index is -3.26. The molecule has 0 aliphatic carbocycles. The predicted octanol–water partition coefficient (Wildman–Crippen LogP) is 0.788. The van der Waals surface area contributed by atoms with Crippen LogP contribution in [-0.4, -0.2) is 55.3 Å². The molecule has 1 aromatic carbocycles. The van der Waals surface area contributed by atoms with E-state index in [1.807, 2.05) is 0 Å². The normalized spacial score (nSPS) is 17.8. The van der Waals surface area contributed by atoms with Gasteiger partial charge in [-0.15, -0.1) is 0 Å². The standard InChI is InChI=1S/C14H21N3O2S2/c1-2-16-7-9-17(10-8-16)21(18,19)11-12-3-5-13(6-4-12)14(15)20/h3-6H,2,7-11H2,1H3,(H2,15,20). The number of nitrogens with two attached hydrogens (primary N) is 1. The third-order valence-corrected chi connectivity index (χ3v) is 5.85. The number of hydrogen-bond acceptors (Lipinski definition) is 4. The number of likely N-dealkylation sites (N-methyl/N-ethyl adjacent to an activating group) is 1. The van der Waals surface area contributed by atoms with E-state index in [4.69, 9.17) is 18.0 Å². The van der Waals surface area contributed by atoms with Gasteiger partial charge >= 0.3 is 0 Å². The van der Waals surface area contributed by atoms with E-state index in [0.717, 1.165) is 30.8 Å². The summed E-state index contributed by atoms with van der Waals surface area (Å²) in [7, 11) is -3.26. The van der Waals surface area contributed by atoms with Crippen molar-refractivity contribution >= 4 is 27.2 Å². The maximum absolute atomic E-state index is 12.4. The summed E-state index contributed by atoms with van der Waals surface area (Å²) in [6, 6.07) is 7.08. The molecule has 7 heteroatoms. The second-order valence-corrected chi connectivity index (χ2v) is 7.56. The molecule has 0 amide bonds. The Morgan fingerprint density at radius 2 is 1.76 bits per heavy atom. The molecular formula is C14H21N3O2S2. The van der Waals surface area contributed by atoms with Crippen LogP contribution in [0.3, 0.4) is 0 Å². The van der Waals surface area contributed by atoms with Crippen molar-refractivity contribution in [2.75, 3.05) is 32.7 Å². The van der Waals surface area contributed by atoms with Crippen LogP contribution in [0.1, 0.15) is 18.1 Å². The SMILES string of the molecule is CCN1CCN(S(=O)(=O)Cc2ccc(C(N)=S)cc2)CC1. The van der Waals surface area contributed by atoms with Gasteiger partial charge in [-0.2, -0.15) is 4.31 Å². The Balaban J connectivity index is 2.02. The number of thiocarbonyl (C=S) groups is 1. The minimum Gasteiger partial charge on any atom is -0.389 e. The lowest BCUT2D eigenvalue weighted by molar-refractivity contribution is 0.196. The van der Waals surface area contributed by atoms with Gasteiger partial charge in [0.2, 0.25) is 10.0 Å². The molecule has 2 rings (SSSR count). The Bertz CT molecular complexity index is 591. The Labute approximate surface area is 131 Å². The summed E-state index contributed by atoms with van der Waals surface area (Å²) in [6.45, 7) is 5.80. The summed E-state index contributed by atoms with van der Waals surface area (Å²) in [5, 5.41) is 0. The Morgan fingerprint density at radius 1 is 1.19 bits per heavy atom. The van der Waals surface area contributed by atoms with Gasteiger partial charge in [0.1, 0.15) is 4.99 Å². The fraction of sp³-hybridized carbons (Fsp3) is 0.500. The summed E-state index contributed by atoms with van der Waals surface area (Å²) < 4.78 is 26.4. The molecule has 116 valence electrons. The molecule has 1 heterocycles. The number of nitrogens with zero attached hydrogens (tertiary/aromatic N) is 2. The van der Waals surface area contributed by atoms with E-state index < -0.39 is 10.0 Å². The summed E-state index contributed by atoms with van der Waals surface area (Å²) in [6.07, 6.45) is 0. The van der Waals surface area contributed by atoms with E-state index in [1.54, 1.807) is 28.6 Å². The Morgan fingerprint density at radius 3 is 2.24 bits per heavy atom. The molecule has 0 unspecified atom stereocenters. The molecule has 0 atom stereocenters. The van der Waals surface area contributed by atoms with Crippen molar-refractivity contribution in [1.29, 1.82) is 0 Å². The van der Waals surface area contributed by atoms with E-state index >= 15 is 0 Å². The van der Waals surface area contributed by atoms with E-state index in [0.29, 0.717) is 18.1 Å². The minimum absolute atomic E-state index is 0.0245. The zero-order valence-electron chi connectivity index (χ0n) is 12.2. The van der Waals surface area contributed by atoms with Crippen LogP contribution in [0.25, 0.3) is 0 Å². The van der Waals surface area contributed by atoms with Crippen LogP contribution in [0.15, 0.2) is 24.3 Å². The van der Waals surface area contributed by atoms with Crippen molar-refractivity contribution < 1.29 is 8.42 Å². The van der Waals surface area contributed by atoms with Gasteiger partial charge in [0.15, 0.2) is 0 Å². The largest absolute Gasteiger partial charge is 0.389 e. The van der Waals surface area contributed by atoms with Gasteiger partial charge in [-0.25, -0.2) is 8.42 Å². The molecule has 1 saturated heterocycles. The third kappa shape index (κ3) is 4.23. The fourth-order valence-corrected chi connectivity index (χ4v) is 4.04. The van der Waals surface area contributed by atoms with Gasteiger partial charge < -0.3 is 10.6 Å². The maximum Gasteiger partial charge on any atom is 0.218 e. The first-order valence-electron chi connectivity index (χ1n) is 7.01. The second kappa shape index (κ2) is 6.83. The lowest BCUT2D eigenvalue weighted by Gasteiger charge is -2.33. The highest BCUT2D eigenvalue weighted by Gasteiger charge is 2.26. The van der Waals surface area contributed by atoms with E-state index in [-0.39, 0.29) is 5.75 Å². The number of benzene rings is 1. The van der Waals surface area contributed by atoms with Crippen molar-refractivity contribution in [3.8, 4) is 0 Å². The topological polar surface area (TPSA) is 66.6 Å². The monoisotopic (exact) mass is 327 g/mol. The Kier molecular flexibility index (Phi) is 5.32. The highest BCUT2D eigenvalue weighted by Crippen LogP contribution is 2.14. The number of sulfonamides is 1. The van der Waals surface area contributed by atoms with Crippen molar-refractivity contribution in [2.24, 2.45) is 5.73 Å². The summed E-state index contributed by atoms with van der Waals surface area (Å²) in [4.78, 5) is 2.57. The molecule has 0 aromatic heterocycles. The molecule has 0 saturated carbocycles. The first-order valence-corrected chi connectivity index (χ1v) is 9.03. The van der Waals surface area contributed by atoms with E-state index in [9.17, 15) is 8.42 Å². The molecule has 0 radical (unpaired) electrons. The zero-order chi connectivity index (χ0) is 15.5. The first-order chi connectivity index (χ1) is 9.92. The van der Waals surface area contributed by atoms with Crippen LogP contribution in [0.2, 0.25) is 0 Å². The maximum atomic E-state index is 12.4. The van der Waals surface area contributed by atoms with Crippen molar-refractivity contribution in [1.82, 2.24) is 9.21 Å². The van der Waals surface area contributed by atoms with Crippen molar-refractivity contribution in [3.63, 3.8) is 0 Å². The smallest absolute Gasteiger partial charge is 0.218 e. The number of piperazine rings is 1. The van der Waals surface area contributed by atoms with E-state index in [1.165, 1.54) is 0 Å². The lowest BCUT2D eigenvalue weighted by Crippen LogP contribution is -2.48. The number of rotatable bonds is 5. The van der Waals surface area contributed by atoms with Gasteiger partial charge in [-0.3, -0.25) is 0 Å². The lowest BCUT2D eigenvalue weighted by atomic mass is 10.1.